The Balaban J connectivity index is 1.73. The molecule has 0 aliphatic carbocycles. The molecule has 0 aliphatic heterocycles. The molecule has 2 atom stereocenters. The third-order valence-corrected chi connectivity index (χ3v) is 5.94. The molecule has 3 rings (SSSR count). The van der Waals surface area contributed by atoms with E-state index in [2.05, 4.69) is 26.1 Å². The summed E-state index contributed by atoms with van der Waals surface area (Å²) < 4.78 is 10.8. The summed E-state index contributed by atoms with van der Waals surface area (Å²) in [6.07, 6.45) is 1.13. The molecule has 0 spiro atoms. The van der Waals surface area contributed by atoms with Crippen molar-refractivity contribution in [1.82, 2.24) is 5.32 Å². The number of hydrogen-bond acceptors (Lipinski definition) is 4. The SMILES string of the molecule is COc1ccc2cc(C(C)C(=O)NC(Cc3ccccc3)C(=O)OCCC(C)(C)C)ccc2c1. The quantitative estimate of drug-likeness (QED) is 0.418. The lowest BCUT2D eigenvalue weighted by Crippen LogP contribution is -2.45. The van der Waals surface area contributed by atoms with Crippen LogP contribution in [0, 0.1) is 5.41 Å². The number of carbonyl (C=O) groups is 2. The van der Waals surface area contributed by atoms with Gasteiger partial charge < -0.3 is 14.8 Å². The smallest absolute Gasteiger partial charge is 0.328 e. The fourth-order valence-electron chi connectivity index (χ4n) is 3.69. The number of amides is 1. The van der Waals surface area contributed by atoms with Crippen LogP contribution in [0.2, 0.25) is 0 Å². The van der Waals surface area contributed by atoms with Crippen LogP contribution in [0.5, 0.6) is 5.75 Å². The van der Waals surface area contributed by atoms with Crippen molar-refractivity contribution >= 4 is 22.6 Å². The van der Waals surface area contributed by atoms with Crippen molar-refractivity contribution in [3.8, 4) is 5.75 Å². The summed E-state index contributed by atoms with van der Waals surface area (Å²) in [4.78, 5) is 26.1. The van der Waals surface area contributed by atoms with Crippen molar-refractivity contribution in [2.75, 3.05) is 13.7 Å². The number of ether oxygens (including phenoxy) is 2. The van der Waals surface area contributed by atoms with Crippen LogP contribution < -0.4 is 10.1 Å². The van der Waals surface area contributed by atoms with Crippen LogP contribution in [-0.4, -0.2) is 31.6 Å². The van der Waals surface area contributed by atoms with Gasteiger partial charge in [-0.25, -0.2) is 4.79 Å². The first-order valence-corrected chi connectivity index (χ1v) is 11.7. The van der Waals surface area contributed by atoms with Gasteiger partial charge in [0.1, 0.15) is 11.8 Å². The zero-order chi connectivity index (χ0) is 24.7. The lowest BCUT2D eigenvalue weighted by atomic mass is 9.93. The van der Waals surface area contributed by atoms with E-state index >= 15 is 0 Å². The van der Waals surface area contributed by atoms with Crippen molar-refractivity contribution in [2.45, 2.75) is 52.5 Å². The Morgan fingerprint density at radius 1 is 0.941 bits per heavy atom. The van der Waals surface area contributed by atoms with Crippen LogP contribution in [0.3, 0.4) is 0 Å². The maximum absolute atomic E-state index is 13.2. The zero-order valence-corrected chi connectivity index (χ0v) is 20.8. The van der Waals surface area contributed by atoms with Crippen molar-refractivity contribution in [3.63, 3.8) is 0 Å². The van der Waals surface area contributed by atoms with E-state index in [1.54, 1.807) is 7.11 Å². The molecule has 0 aromatic heterocycles. The minimum atomic E-state index is -0.748. The molecule has 3 aromatic carbocycles. The van der Waals surface area contributed by atoms with Gasteiger partial charge in [-0.1, -0.05) is 75.4 Å². The Morgan fingerprint density at radius 3 is 2.29 bits per heavy atom. The summed E-state index contributed by atoms with van der Waals surface area (Å²) in [7, 11) is 1.64. The van der Waals surface area contributed by atoms with Crippen LogP contribution in [-0.2, 0) is 20.7 Å². The normalized spacial score (nSPS) is 13.2. The zero-order valence-electron chi connectivity index (χ0n) is 20.8. The van der Waals surface area contributed by atoms with E-state index in [0.29, 0.717) is 13.0 Å². The van der Waals surface area contributed by atoms with E-state index < -0.39 is 17.9 Å². The molecular weight excluding hydrogens is 426 g/mol. The largest absolute Gasteiger partial charge is 0.497 e. The highest BCUT2D eigenvalue weighted by Gasteiger charge is 2.26. The van der Waals surface area contributed by atoms with Gasteiger partial charge in [0.25, 0.3) is 0 Å². The van der Waals surface area contributed by atoms with Crippen LogP contribution in [0.15, 0.2) is 66.7 Å². The number of esters is 1. The van der Waals surface area contributed by atoms with Crippen LogP contribution in [0.1, 0.15) is 51.2 Å². The van der Waals surface area contributed by atoms with Crippen LogP contribution in [0.4, 0.5) is 0 Å². The van der Waals surface area contributed by atoms with Crippen LogP contribution in [0.25, 0.3) is 10.8 Å². The molecule has 0 saturated heterocycles. The Morgan fingerprint density at radius 2 is 1.62 bits per heavy atom. The average Bonchev–Trinajstić information content (AvgIpc) is 2.82. The summed E-state index contributed by atoms with van der Waals surface area (Å²) in [5, 5.41) is 5.01. The minimum absolute atomic E-state index is 0.0626. The number of methoxy groups -OCH3 is 1. The molecule has 0 radical (unpaired) electrons. The maximum Gasteiger partial charge on any atom is 0.328 e. The molecule has 5 heteroatoms. The molecule has 0 heterocycles. The fourth-order valence-corrected chi connectivity index (χ4v) is 3.69. The highest BCUT2D eigenvalue weighted by molar-refractivity contribution is 5.90. The molecule has 0 bridgehead atoms. The molecule has 0 saturated carbocycles. The van der Waals surface area contributed by atoms with Gasteiger partial charge >= 0.3 is 5.97 Å². The van der Waals surface area contributed by atoms with Gasteiger partial charge in [-0.05, 0) is 52.8 Å². The summed E-state index contributed by atoms with van der Waals surface area (Å²) in [5.74, 6) is -0.243. The van der Waals surface area contributed by atoms with E-state index in [9.17, 15) is 9.59 Å². The number of benzene rings is 3. The monoisotopic (exact) mass is 461 g/mol. The van der Waals surface area contributed by atoms with E-state index in [4.69, 9.17) is 9.47 Å². The van der Waals surface area contributed by atoms with E-state index in [1.807, 2.05) is 73.7 Å². The van der Waals surface area contributed by atoms with Gasteiger partial charge in [0, 0.05) is 6.42 Å². The van der Waals surface area contributed by atoms with E-state index in [0.717, 1.165) is 34.1 Å². The van der Waals surface area contributed by atoms with Crippen molar-refractivity contribution in [2.24, 2.45) is 5.41 Å². The molecule has 34 heavy (non-hydrogen) atoms. The Bertz CT molecular complexity index is 1120. The summed E-state index contributed by atoms with van der Waals surface area (Å²) in [5.41, 5.74) is 1.91. The lowest BCUT2D eigenvalue weighted by molar-refractivity contribution is -0.148. The highest BCUT2D eigenvalue weighted by Crippen LogP contribution is 2.25. The van der Waals surface area contributed by atoms with Gasteiger partial charge in [-0.3, -0.25) is 4.79 Å². The fraction of sp³-hybridized carbons (Fsp3) is 0.379. The number of nitrogens with one attached hydrogen (secondary N) is 1. The van der Waals surface area contributed by atoms with Gasteiger partial charge in [0.15, 0.2) is 0 Å². The van der Waals surface area contributed by atoms with Gasteiger partial charge in [-0.15, -0.1) is 0 Å². The van der Waals surface area contributed by atoms with Crippen molar-refractivity contribution < 1.29 is 19.1 Å². The van der Waals surface area contributed by atoms with Crippen LogP contribution >= 0.6 is 0 Å². The van der Waals surface area contributed by atoms with E-state index in [-0.39, 0.29) is 11.3 Å². The topological polar surface area (TPSA) is 64.6 Å². The number of fused-ring (bicyclic) bond motifs is 1. The molecule has 180 valence electrons. The molecule has 2 unspecified atom stereocenters. The standard InChI is InChI=1S/C29H35NO4/c1-20(22-11-12-24-19-25(33-5)14-13-23(24)18-22)27(31)30-26(17-21-9-7-6-8-10-21)28(32)34-16-15-29(2,3)4/h6-14,18-20,26H,15-17H2,1-5H3,(H,30,31). The second-order valence-corrected chi connectivity index (χ2v) is 9.92. The summed E-state index contributed by atoms with van der Waals surface area (Å²) in [6, 6.07) is 20.7. The molecule has 5 nitrogen and oxygen atoms in total. The first-order valence-electron chi connectivity index (χ1n) is 11.7. The average molecular weight is 462 g/mol. The van der Waals surface area contributed by atoms with Gasteiger partial charge in [0.05, 0.1) is 19.6 Å². The van der Waals surface area contributed by atoms with Crippen molar-refractivity contribution in [3.05, 3.63) is 77.9 Å². The first kappa shape index (κ1) is 25.3. The number of hydrogen-bond donors (Lipinski definition) is 1. The summed E-state index contributed by atoms with van der Waals surface area (Å²) >= 11 is 0. The lowest BCUT2D eigenvalue weighted by Gasteiger charge is -2.22. The first-order chi connectivity index (χ1) is 16.2. The van der Waals surface area contributed by atoms with E-state index in [1.165, 1.54) is 0 Å². The molecule has 0 aliphatic rings. The Hall–Kier alpha value is -3.34. The molecule has 3 aromatic rings. The third-order valence-electron chi connectivity index (χ3n) is 5.94. The summed E-state index contributed by atoms with van der Waals surface area (Å²) in [6.45, 7) is 8.49. The Labute approximate surface area is 202 Å². The molecule has 1 N–H and O–H groups in total. The number of rotatable bonds is 9. The Kier molecular flexibility index (Phi) is 8.32. The van der Waals surface area contributed by atoms with Gasteiger partial charge in [0.2, 0.25) is 5.91 Å². The predicted octanol–water partition coefficient (Wildman–Crippen LogP) is 5.66. The second-order valence-electron chi connectivity index (χ2n) is 9.92. The minimum Gasteiger partial charge on any atom is -0.497 e. The highest BCUT2D eigenvalue weighted by atomic mass is 16.5. The molecular formula is C29H35NO4. The number of carbonyl (C=O) groups excluding carboxylic acids is 2. The molecule has 1 amide bonds. The predicted molar refractivity (Wildman–Crippen MR) is 136 cm³/mol. The maximum atomic E-state index is 13.2. The second kappa shape index (κ2) is 11.2. The molecule has 0 fully saturated rings. The third kappa shape index (κ3) is 7.08. The van der Waals surface area contributed by atoms with Gasteiger partial charge in [-0.2, -0.15) is 0 Å². The van der Waals surface area contributed by atoms with Crippen molar-refractivity contribution in [1.29, 1.82) is 0 Å².